The molecular formula is C12H20F3NO. The van der Waals surface area contributed by atoms with Crippen molar-refractivity contribution in [3.8, 4) is 0 Å². The second-order valence-corrected chi connectivity index (χ2v) is 5.14. The molecule has 0 aromatic heterocycles. The second kappa shape index (κ2) is 5.27. The normalized spacial score (nSPS) is 26.1. The summed E-state index contributed by atoms with van der Waals surface area (Å²) in [5.74, 6) is -1.90. The van der Waals surface area contributed by atoms with Gasteiger partial charge < -0.3 is 4.90 Å². The Morgan fingerprint density at radius 3 is 2.35 bits per heavy atom. The quantitative estimate of drug-likeness (QED) is 0.738. The molecule has 2 unspecified atom stereocenters. The number of nitrogens with zero attached hydrogens (tertiary/aromatic N) is 1. The minimum Gasteiger partial charge on any atom is -0.343 e. The predicted octanol–water partition coefficient (Wildman–Crippen LogP) is 3.22. The van der Waals surface area contributed by atoms with E-state index in [0.717, 1.165) is 0 Å². The van der Waals surface area contributed by atoms with Crippen LogP contribution in [0.2, 0.25) is 0 Å². The van der Waals surface area contributed by atoms with Gasteiger partial charge in [-0.2, -0.15) is 13.2 Å². The van der Waals surface area contributed by atoms with Crippen molar-refractivity contribution in [2.75, 3.05) is 7.05 Å². The van der Waals surface area contributed by atoms with Crippen molar-refractivity contribution in [1.29, 1.82) is 0 Å². The first-order chi connectivity index (χ1) is 7.73. The summed E-state index contributed by atoms with van der Waals surface area (Å²) in [5.41, 5.74) is 0. The molecule has 0 saturated heterocycles. The molecule has 2 atom stereocenters. The van der Waals surface area contributed by atoms with E-state index in [9.17, 15) is 18.0 Å². The first kappa shape index (κ1) is 14.3. The zero-order chi connectivity index (χ0) is 13.2. The molecule has 0 aromatic carbocycles. The second-order valence-electron chi connectivity index (χ2n) is 5.14. The summed E-state index contributed by atoms with van der Waals surface area (Å²) in [6.07, 6.45) is -2.96. The molecule has 1 aliphatic rings. The SMILES string of the molecule is CC(C)N(C)C(=O)C1CCCC(C(F)(F)F)C1. The molecule has 0 radical (unpaired) electrons. The highest BCUT2D eigenvalue weighted by molar-refractivity contribution is 5.78. The zero-order valence-electron chi connectivity index (χ0n) is 10.5. The van der Waals surface area contributed by atoms with Gasteiger partial charge in [0, 0.05) is 19.0 Å². The fourth-order valence-corrected chi connectivity index (χ4v) is 2.25. The van der Waals surface area contributed by atoms with E-state index in [4.69, 9.17) is 0 Å². The van der Waals surface area contributed by atoms with Crippen molar-refractivity contribution in [3.63, 3.8) is 0 Å². The van der Waals surface area contributed by atoms with E-state index < -0.39 is 18.0 Å². The Hall–Kier alpha value is -0.740. The van der Waals surface area contributed by atoms with Crippen molar-refractivity contribution >= 4 is 5.91 Å². The van der Waals surface area contributed by atoms with Crippen molar-refractivity contribution in [1.82, 2.24) is 4.90 Å². The maximum Gasteiger partial charge on any atom is 0.391 e. The Morgan fingerprint density at radius 2 is 1.88 bits per heavy atom. The fourth-order valence-electron chi connectivity index (χ4n) is 2.25. The largest absolute Gasteiger partial charge is 0.391 e. The smallest absolute Gasteiger partial charge is 0.343 e. The summed E-state index contributed by atoms with van der Waals surface area (Å²) in [6.45, 7) is 3.73. The van der Waals surface area contributed by atoms with E-state index >= 15 is 0 Å². The topological polar surface area (TPSA) is 20.3 Å². The molecule has 0 spiro atoms. The van der Waals surface area contributed by atoms with Crippen molar-refractivity contribution in [3.05, 3.63) is 0 Å². The van der Waals surface area contributed by atoms with Gasteiger partial charge >= 0.3 is 6.18 Å². The molecule has 0 aromatic rings. The lowest BCUT2D eigenvalue weighted by atomic mass is 9.80. The highest BCUT2D eigenvalue weighted by atomic mass is 19.4. The van der Waals surface area contributed by atoms with Gasteiger partial charge in [-0.05, 0) is 33.1 Å². The van der Waals surface area contributed by atoms with Crippen LogP contribution >= 0.6 is 0 Å². The Morgan fingerprint density at radius 1 is 1.29 bits per heavy atom. The summed E-state index contributed by atoms with van der Waals surface area (Å²) in [5, 5.41) is 0. The molecule has 1 saturated carbocycles. The van der Waals surface area contributed by atoms with Crippen LogP contribution in [-0.2, 0) is 4.79 Å². The van der Waals surface area contributed by atoms with E-state index in [1.165, 1.54) is 0 Å². The van der Waals surface area contributed by atoms with Gasteiger partial charge in [-0.25, -0.2) is 0 Å². The lowest BCUT2D eigenvalue weighted by Crippen LogP contribution is -2.41. The molecule has 1 amide bonds. The summed E-state index contributed by atoms with van der Waals surface area (Å²) in [4.78, 5) is 13.5. The molecule has 0 bridgehead atoms. The fraction of sp³-hybridized carbons (Fsp3) is 0.917. The van der Waals surface area contributed by atoms with E-state index in [1.54, 1.807) is 11.9 Å². The van der Waals surface area contributed by atoms with Crippen LogP contribution in [0.15, 0.2) is 0 Å². The summed E-state index contributed by atoms with van der Waals surface area (Å²) >= 11 is 0. The van der Waals surface area contributed by atoms with Crippen LogP contribution in [0.3, 0.4) is 0 Å². The molecule has 1 aliphatic carbocycles. The van der Waals surface area contributed by atoms with Gasteiger partial charge in [-0.15, -0.1) is 0 Å². The van der Waals surface area contributed by atoms with Crippen molar-refractivity contribution < 1.29 is 18.0 Å². The molecule has 1 rings (SSSR count). The van der Waals surface area contributed by atoms with Gasteiger partial charge in [-0.3, -0.25) is 4.79 Å². The molecular weight excluding hydrogens is 231 g/mol. The Bertz CT molecular complexity index is 275. The van der Waals surface area contributed by atoms with Gasteiger partial charge in [0.1, 0.15) is 0 Å². The van der Waals surface area contributed by atoms with Crippen LogP contribution in [0, 0.1) is 11.8 Å². The van der Waals surface area contributed by atoms with Crippen LogP contribution in [0.4, 0.5) is 13.2 Å². The van der Waals surface area contributed by atoms with Gasteiger partial charge in [0.05, 0.1) is 5.92 Å². The van der Waals surface area contributed by atoms with E-state index in [-0.39, 0.29) is 24.8 Å². The number of halogens is 3. The standard InChI is InChI=1S/C12H20F3NO/c1-8(2)16(3)11(17)9-5-4-6-10(7-9)12(13,14)15/h8-10H,4-7H2,1-3H3. The number of amides is 1. The Kier molecular flexibility index (Phi) is 4.44. The first-order valence-electron chi connectivity index (χ1n) is 6.07. The minimum atomic E-state index is -4.16. The number of carbonyl (C=O) groups excluding carboxylic acids is 1. The third kappa shape index (κ3) is 3.61. The van der Waals surface area contributed by atoms with Crippen LogP contribution in [0.1, 0.15) is 39.5 Å². The van der Waals surface area contributed by atoms with E-state index in [2.05, 4.69) is 0 Å². The number of rotatable bonds is 2. The molecule has 0 heterocycles. The van der Waals surface area contributed by atoms with Crippen molar-refractivity contribution in [2.24, 2.45) is 11.8 Å². The third-order valence-corrected chi connectivity index (χ3v) is 3.61. The zero-order valence-corrected chi connectivity index (χ0v) is 10.5. The molecule has 0 N–H and O–H groups in total. The maximum absolute atomic E-state index is 12.6. The van der Waals surface area contributed by atoms with Gasteiger partial charge in [0.15, 0.2) is 0 Å². The molecule has 100 valence electrons. The van der Waals surface area contributed by atoms with E-state index in [1.807, 2.05) is 13.8 Å². The van der Waals surface area contributed by atoms with Crippen LogP contribution < -0.4 is 0 Å². The number of hydrogen-bond acceptors (Lipinski definition) is 1. The predicted molar refractivity (Wildman–Crippen MR) is 59.4 cm³/mol. The highest BCUT2D eigenvalue weighted by Crippen LogP contribution is 2.40. The average molecular weight is 251 g/mol. The number of hydrogen-bond donors (Lipinski definition) is 0. The van der Waals surface area contributed by atoms with Crippen LogP contribution in [0.5, 0.6) is 0 Å². The number of alkyl halides is 3. The average Bonchev–Trinajstić information content (AvgIpc) is 2.26. The maximum atomic E-state index is 12.6. The molecule has 0 aliphatic heterocycles. The monoisotopic (exact) mass is 251 g/mol. The summed E-state index contributed by atoms with van der Waals surface area (Å²) in [6, 6.07) is 0.0359. The molecule has 17 heavy (non-hydrogen) atoms. The summed E-state index contributed by atoms with van der Waals surface area (Å²) in [7, 11) is 1.66. The van der Waals surface area contributed by atoms with E-state index in [0.29, 0.717) is 12.8 Å². The molecule has 1 fully saturated rings. The lowest BCUT2D eigenvalue weighted by Gasteiger charge is -2.33. The van der Waals surface area contributed by atoms with Crippen molar-refractivity contribution in [2.45, 2.75) is 51.7 Å². The lowest BCUT2D eigenvalue weighted by molar-refractivity contribution is -0.187. The van der Waals surface area contributed by atoms with Crippen LogP contribution in [0.25, 0.3) is 0 Å². The van der Waals surface area contributed by atoms with Gasteiger partial charge in [0.25, 0.3) is 0 Å². The number of carbonyl (C=O) groups is 1. The Balaban J connectivity index is 2.64. The summed E-state index contributed by atoms with van der Waals surface area (Å²) < 4.78 is 37.8. The van der Waals surface area contributed by atoms with Crippen LogP contribution in [-0.4, -0.2) is 30.1 Å². The minimum absolute atomic E-state index is 0.0359. The van der Waals surface area contributed by atoms with Gasteiger partial charge in [0.2, 0.25) is 5.91 Å². The molecule has 5 heteroatoms. The van der Waals surface area contributed by atoms with Gasteiger partial charge in [-0.1, -0.05) is 6.42 Å². The highest BCUT2D eigenvalue weighted by Gasteiger charge is 2.44. The first-order valence-corrected chi connectivity index (χ1v) is 6.07. The molecule has 2 nitrogen and oxygen atoms in total. The Labute approximate surface area is 100 Å². The third-order valence-electron chi connectivity index (χ3n) is 3.61.